The van der Waals surface area contributed by atoms with Crippen molar-refractivity contribution in [2.45, 2.75) is 27.7 Å². The summed E-state index contributed by atoms with van der Waals surface area (Å²) in [7, 11) is 3.18. The van der Waals surface area contributed by atoms with Crippen LogP contribution in [0.15, 0.2) is 36.4 Å². The van der Waals surface area contributed by atoms with Gasteiger partial charge < -0.3 is 18.9 Å². The van der Waals surface area contributed by atoms with E-state index in [2.05, 4.69) is 0 Å². The molecule has 160 valence electrons. The Hall–Kier alpha value is -2.89. The van der Waals surface area contributed by atoms with E-state index >= 15 is 0 Å². The van der Waals surface area contributed by atoms with Gasteiger partial charge in [-0.3, -0.25) is 4.79 Å². The second-order valence-corrected chi connectivity index (χ2v) is 7.14. The Bertz CT molecular complexity index is 819. The van der Waals surface area contributed by atoms with Crippen molar-refractivity contribution in [2.24, 2.45) is 0 Å². The second-order valence-electron chi connectivity index (χ2n) is 7.14. The molecule has 0 aliphatic carbocycles. The van der Waals surface area contributed by atoms with Gasteiger partial charge in [-0.25, -0.2) is 0 Å². The lowest BCUT2D eigenvalue weighted by Crippen LogP contribution is -2.02. The lowest BCUT2D eigenvalue weighted by molar-refractivity contribution is -0.110. The van der Waals surface area contributed by atoms with Crippen molar-refractivity contribution in [1.29, 1.82) is 0 Å². The number of allylic oxidation sites excluding steroid dienone is 2. The fraction of sp³-hybridized carbons (Fsp3) is 0.320. The zero-order valence-electron chi connectivity index (χ0n) is 18.6. The minimum absolute atomic E-state index is 0.0833. The molecule has 2 aromatic carbocycles. The maximum absolute atomic E-state index is 12.3. The molecular weight excluding hydrogens is 380 g/mol. The van der Waals surface area contributed by atoms with Crippen LogP contribution in [0.3, 0.4) is 0 Å². The summed E-state index contributed by atoms with van der Waals surface area (Å²) in [6.07, 6.45) is 6.75. The van der Waals surface area contributed by atoms with Gasteiger partial charge in [0, 0.05) is 14.2 Å². The van der Waals surface area contributed by atoms with Gasteiger partial charge in [0.25, 0.3) is 0 Å². The Morgan fingerprint density at radius 2 is 1.03 bits per heavy atom. The van der Waals surface area contributed by atoms with Crippen molar-refractivity contribution in [3.05, 3.63) is 69.8 Å². The van der Waals surface area contributed by atoms with E-state index in [1.807, 2.05) is 64.1 Å². The smallest absolute Gasteiger partial charge is 0.188 e. The molecule has 0 aliphatic rings. The van der Waals surface area contributed by atoms with Gasteiger partial charge in [-0.05, 0) is 97.5 Å². The van der Waals surface area contributed by atoms with E-state index in [4.69, 9.17) is 18.9 Å². The maximum Gasteiger partial charge on any atom is 0.188 e. The van der Waals surface area contributed by atoms with Crippen molar-refractivity contribution in [3.8, 4) is 11.5 Å². The molecule has 30 heavy (non-hydrogen) atoms. The van der Waals surface area contributed by atoms with E-state index in [1.165, 1.54) is 0 Å². The molecule has 0 bridgehead atoms. The van der Waals surface area contributed by atoms with E-state index < -0.39 is 0 Å². The summed E-state index contributed by atoms with van der Waals surface area (Å²) in [6, 6.07) is 7.93. The molecule has 2 aromatic rings. The summed E-state index contributed by atoms with van der Waals surface area (Å²) < 4.78 is 21.1. The summed E-state index contributed by atoms with van der Waals surface area (Å²) in [6.45, 7) is 8.31. The van der Waals surface area contributed by atoms with Crippen molar-refractivity contribution in [3.63, 3.8) is 0 Å². The number of ether oxygens (including phenoxy) is 4. The van der Waals surface area contributed by atoms with Gasteiger partial charge in [0.15, 0.2) is 19.4 Å². The third-order valence-electron chi connectivity index (χ3n) is 4.49. The first-order valence-electron chi connectivity index (χ1n) is 9.71. The van der Waals surface area contributed by atoms with Crippen LogP contribution < -0.4 is 9.47 Å². The zero-order chi connectivity index (χ0) is 22.1. The van der Waals surface area contributed by atoms with Gasteiger partial charge in [0.1, 0.15) is 11.5 Å². The predicted molar refractivity (Wildman–Crippen MR) is 120 cm³/mol. The predicted octanol–water partition coefficient (Wildman–Crippen LogP) is 5.18. The number of methoxy groups -OCH3 is 2. The lowest BCUT2D eigenvalue weighted by Gasteiger charge is -2.12. The van der Waals surface area contributed by atoms with E-state index in [-0.39, 0.29) is 19.4 Å². The average Bonchev–Trinajstić information content (AvgIpc) is 2.69. The largest absolute Gasteiger partial charge is 0.467 e. The highest BCUT2D eigenvalue weighted by Crippen LogP contribution is 2.26. The molecule has 0 radical (unpaired) electrons. The number of carbonyl (C=O) groups excluding carboxylic acids is 1. The zero-order valence-corrected chi connectivity index (χ0v) is 18.6. The first-order valence-corrected chi connectivity index (χ1v) is 9.71. The van der Waals surface area contributed by atoms with Crippen LogP contribution in [0.25, 0.3) is 12.2 Å². The number of hydrogen-bond acceptors (Lipinski definition) is 5. The number of aryl methyl sites for hydroxylation is 4. The van der Waals surface area contributed by atoms with Crippen LogP contribution in [0.1, 0.15) is 33.4 Å². The maximum atomic E-state index is 12.3. The molecule has 0 N–H and O–H groups in total. The number of ketones is 1. The van der Waals surface area contributed by atoms with Crippen molar-refractivity contribution in [1.82, 2.24) is 0 Å². The quantitative estimate of drug-likeness (QED) is 0.399. The van der Waals surface area contributed by atoms with Crippen molar-refractivity contribution >= 4 is 17.9 Å². The topological polar surface area (TPSA) is 54.0 Å². The van der Waals surface area contributed by atoms with Gasteiger partial charge in [0.05, 0.1) is 0 Å². The third kappa shape index (κ3) is 6.58. The fourth-order valence-corrected chi connectivity index (χ4v) is 3.26. The Labute approximate surface area is 178 Å². The van der Waals surface area contributed by atoms with E-state index in [9.17, 15) is 4.79 Å². The Morgan fingerprint density at radius 3 is 1.33 bits per heavy atom. The first-order chi connectivity index (χ1) is 14.3. The molecule has 5 heteroatoms. The molecular formula is C25H30O5. The SMILES string of the molecule is COCOc1c(C)cc(/C=C/C(=O)/C=C/c2cc(C)c(OCOC)c(C)c2)cc1C. The molecule has 0 saturated carbocycles. The molecule has 0 amide bonds. The summed E-state index contributed by atoms with van der Waals surface area (Å²) in [5.74, 6) is 1.54. The highest BCUT2D eigenvalue weighted by Gasteiger charge is 2.07. The molecule has 0 atom stereocenters. The molecule has 0 spiro atoms. The van der Waals surface area contributed by atoms with Crippen molar-refractivity contribution in [2.75, 3.05) is 27.8 Å². The third-order valence-corrected chi connectivity index (χ3v) is 4.49. The second kappa shape index (κ2) is 11.3. The highest BCUT2D eigenvalue weighted by atomic mass is 16.7. The minimum Gasteiger partial charge on any atom is -0.467 e. The van der Waals surface area contributed by atoms with Crippen molar-refractivity contribution < 1.29 is 23.7 Å². The molecule has 0 fully saturated rings. The molecule has 0 aromatic heterocycles. The van der Waals surface area contributed by atoms with E-state index in [1.54, 1.807) is 26.4 Å². The monoisotopic (exact) mass is 410 g/mol. The van der Waals surface area contributed by atoms with Crippen LogP contribution in [0, 0.1) is 27.7 Å². The van der Waals surface area contributed by atoms with Crippen LogP contribution in [0.4, 0.5) is 0 Å². The van der Waals surface area contributed by atoms with Gasteiger partial charge in [-0.2, -0.15) is 0 Å². The summed E-state index contributed by atoms with van der Waals surface area (Å²) >= 11 is 0. The highest BCUT2D eigenvalue weighted by molar-refractivity contribution is 6.04. The van der Waals surface area contributed by atoms with Crippen LogP contribution in [-0.4, -0.2) is 33.6 Å². The van der Waals surface area contributed by atoms with Gasteiger partial charge in [-0.15, -0.1) is 0 Å². The summed E-state index contributed by atoms with van der Waals surface area (Å²) in [5, 5.41) is 0. The van der Waals surface area contributed by atoms with Gasteiger partial charge >= 0.3 is 0 Å². The Balaban J connectivity index is 2.08. The average molecular weight is 411 g/mol. The Morgan fingerprint density at radius 1 is 0.700 bits per heavy atom. The summed E-state index contributed by atoms with van der Waals surface area (Å²) in [5.41, 5.74) is 5.88. The molecule has 2 rings (SSSR count). The van der Waals surface area contributed by atoms with E-state index in [0.29, 0.717) is 0 Å². The van der Waals surface area contributed by atoms with Crippen LogP contribution >= 0.6 is 0 Å². The van der Waals surface area contributed by atoms with Crippen LogP contribution in [0.5, 0.6) is 11.5 Å². The number of rotatable bonds is 10. The number of carbonyl (C=O) groups is 1. The first kappa shape index (κ1) is 23.4. The molecule has 0 aliphatic heterocycles. The van der Waals surface area contributed by atoms with Gasteiger partial charge in [0.2, 0.25) is 0 Å². The standard InChI is InChI=1S/C25H30O5/c1-17-11-21(12-18(2)24(17)29-15-27-5)7-9-23(26)10-8-22-13-19(3)25(20(4)14-22)30-16-28-6/h7-14H,15-16H2,1-6H3/b9-7+,10-8+. The number of benzene rings is 2. The minimum atomic E-state index is -0.0833. The normalized spacial score (nSPS) is 11.4. The molecule has 0 saturated heterocycles. The molecule has 5 nitrogen and oxygen atoms in total. The number of hydrogen-bond donors (Lipinski definition) is 0. The Kier molecular flexibility index (Phi) is 8.84. The molecule has 0 heterocycles. The summed E-state index contributed by atoms with van der Waals surface area (Å²) in [4.78, 5) is 12.3. The van der Waals surface area contributed by atoms with Crippen LogP contribution in [-0.2, 0) is 14.3 Å². The van der Waals surface area contributed by atoms with E-state index in [0.717, 1.165) is 44.9 Å². The fourth-order valence-electron chi connectivity index (χ4n) is 3.26. The van der Waals surface area contributed by atoms with Crippen LogP contribution in [0.2, 0.25) is 0 Å². The van der Waals surface area contributed by atoms with Gasteiger partial charge in [-0.1, -0.05) is 12.2 Å². The lowest BCUT2D eigenvalue weighted by atomic mass is 10.0. The molecule has 0 unspecified atom stereocenters.